The predicted molar refractivity (Wildman–Crippen MR) is 166 cm³/mol. The van der Waals surface area contributed by atoms with E-state index >= 15 is 4.39 Å². The largest absolute Gasteiger partial charge is 0.364 e. The van der Waals surface area contributed by atoms with E-state index in [1.54, 1.807) is 42.2 Å². The molecule has 14 heteroatoms. The summed E-state index contributed by atoms with van der Waals surface area (Å²) in [7, 11) is 0. The van der Waals surface area contributed by atoms with E-state index in [1.807, 2.05) is 0 Å². The van der Waals surface area contributed by atoms with Gasteiger partial charge in [-0.15, -0.1) is 11.3 Å². The van der Waals surface area contributed by atoms with Gasteiger partial charge in [-0.05, 0) is 73.7 Å². The van der Waals surface area contributed by atoms with Gasteiger partial charge in [-0.3, -0.25) is 24.0 Å². The lowest BCUT2D eigenvalue weighted by molar-refractivity contribution is -0.155. The summed E-state index contributed by atoms with van der Waals surface area (Å²) in [4.78, 5) is 48.2. The molecule has 46 heavy (non-hydrogen) atoms. The molecule has 0 saturated carbocycles. The number of rotatable bonds is 7. The Hall–Kier alpha value is -5.11. The maximum atomic E-state index is 17.2. The first-order valence-corrected chi connectivity index (χ1v) is 15.7. The van der Waals surface area contributed by atoms with Gasteiger partial charge in [0.2, 0.25) is 5.91 Å². The molecule has 1 aliphatic heterocycles. The Morgan fingerprint density at radius 3 is 2.65 bits per heavy atom. The van der Waals surface area contributed by atoms with E-state index in [0.29, 0.717) is 23.0 Å². The zero-order chi connectivity index (χ0) is 32.0. The molecule has 1 unspecified atom stereocenters. The van der Waals surface area contributed by atoms with Crippen LogP contribution in [0.1, 0.15) is 52.8 Å². The van der Waals surface area contributed by atoms with Crippen LogP contribution in [0.25, 0.3) is 22.0 Å². The number of fused-ring (bicyclic) bond motifs is 2. The zero-order valence-electron chi connectivity index (χ0n) is 24.5. The molecule has 0 radical (unpaired) electrons. The molecule has 4 heterocycles. The molecule has 5 aromatic rings. The molecule has 2 atom stereocenters. The summed E-state index contributed by atoms with van der Waals surface area (Å²) in [5, 5.41) is 12.4. The molecule has 1 saturated heterocycles. The molecule has 2 N–H and O–H groups in total. The number of aromatic nitrogens is 5. The number of carbonyl (C=O) groups is 3. The Morgan fingerprint density at radius 2 is 1.89 bits per heavy atom. The first kappa shape index (κ1) is 29.6. The molecule has 0 bridgehead atoms. The first-order valence-electron chi connectivity index (χ1n) is 14.8. The van der Waals surface area contributed by atoms with Crippen molar-refractivity contribution in [2.75, 3.05) is 11.4 Å². The lowest BCUT2D eigenvalue weighted by atomic mass is 9.95. The minimum absolute atomic E-state index is 0.00980. The monoisotopic (exact) mass is 642 g/mol. The van der Waals surface area contributed by atoms with Gasteiger partial charge in [0.1, 0.15) is 12.4 Å². The van der Waals surface area contributed by atoms with Gasteiger partial charge in [-0.25, -0.2) is 13.8 Å². The number of thiazole rings is 1. The lowest BCUT2D eigenvalue weighted by Crippen LogP contribution is -2.57. The molecule has 2 aromatic carbocycles. The van der Waals surface area contributed by atoms with Gasteiger partial charge in [0.15, 0.2) is 5.69 Å². The van der Waals surface area contributed by atoms with E-state index in [0.717, 1.165) is 39.4 Å². The van der Waals surface area contributed by atoms with Crippen LogP contribution in [-0.4, -0.2) is 59.9 Å². The van der Waals surface area contributed by atoms with E-state index < -0.39 is 41.9 Å². The molecule has 234 valence electrons. The number of nitrogens with two attached hydrogens (primary N) is 1. The average Bonchev–Trinajstić information content (AvgIpc) is 3.80. The van der Waals surface area contributed by atoms with Crippen molar-refractivity contribution in [3.63, 3.8) is 0 Å². The summed E-state index contributed by atoms with van der Waals surface area (Å²) in [6.45, 7) is -0.423. The minimum atomic E-state index is -2.66. The van der Waals surface area contributed by atoms with E-state index in [-0.39, 0.29) is 25.1 Å². The molecule has 1 aliphatic carbocycles. The van der Waals surface area contributed by atoms with Gasteiger partial charge in [-0.1, -0.05) is 6.07 Å². The highest BCUT2D eigenvalue weighted by molar-refractivity contribution is 7.09. The van der Waals surface area contributed by atoms with Crippen LogP contribution in [-0.2, 0) is 22.6 Å². The number of nitrogens with zero attached hydrogens (tertiary/aromatic N) is 7. The van der Waals surface area contributed by atoms with Gasteiger partial charge >= 0.3 is 0 Å². The number of carbonyl (C=O) groups excluding carboxylic acids is 3. The van der Waals surface area contributed by atoms with Crippen LogP contribution >= 0.6 is 11.3 Å². The normalized spacial score (nSPS) is 19.3. The Labute approximate surface area is 265 Å². The fourth-order valence-electron chi connectivity index (χ4n) is 6.47. The number of amides is 3. The van der Waals surface area contributed by atoms with Gasteiger partial charge in [0.05, 0.1) is 40.0 Å². The van der Waals surface area contributed by atoms with Crippen LogP contribution in [0.4, 0.5) is 14.5 Å². The summed E-state index contributed by atoms with van der Waals surface area (Å²) in [5.41, 5.74) is 10.4. The highest BCUT2D eigenvalue weighted by Crippen LogP contribution is 2.43. The Balaban J connectivity index is 1.22. The number of alkyl halides is 1. The Morgan fingerprint density at radius 1 is 1.07 bits per heavy atom. The molecule has 3 aromatic heterocycles. The molecule has 1 fully saturated rings. The molecule has 0 spiro atoms. The predicted octanol–water partition coefficient (Wildman–Crippen LogP) is 4.59. The van der Waals surface area contributed by atoms with Crippen LogP contribution < -0.4 is 10.6 Å². The second kappa shape index (κ2) is 11.7. The van der Waals surface area contributed by atoms with Crippen LogP contribution in [0.15, 0.2) is 66.4 Å². The highest BCUT2D eigenvalue weighted by Gasteiger charge is 2.54. The van der Waals surface area contributed by atoms with Crippen LogP contribution in [0.5, 0.6) is 0 Å². The van der Waals surface area contributed by atoms with Crippen LogP contribution in [0, 0.1) is 5.82 Å². The fraction of sp³-hybridized carbons (Fsp3) is 0.281. The number of anilines is 1. The van der Waals surface area contributed by atoms with Crippen molar-refractivity contribution in [1.29, 1.82) is 0 Å². The SMILES string of the molecule is NC(=O)c1nn(CC(=O)N2CCC[C@]2(F)C(=O)N(c2ccc(F)cc2)C2CCCc3ncsc32)c2ccc(-c3ccnnc3)cc12. The Bertz CT molecular complexity index is 1970. The van der Waals surface area contributed by atoms with Gasteiger partial charge in [0.25, 0.3) is 17.6 Å². The van der Waals surface area contributed by atoms with Crippen molar-refractivity contribution in [2.45, 2.75) is 50.5 Å². The number of primary amides is 1. The lowest BCUT2D eigenvalue weighted by Gasteiger charge is -2.39. The molecule has 11 nitrogen and oxygen atoms in total. The molecular formula is C32H28F2N8O3S. The fourth-order valence-corrected chi connectivity index (χ4v) is 7.43. The summed E-state index contributed by atoms with van der Waals surface area (Å²) in [6, 6.07) is 11.8. The highest BCUT2D eigenvalue weighted by atomic mass is 32.1. The second-order valence-corrected chi connectivity index (χ2v) is 12.3. The van der Waals surface area contributed by atoms with Crippen molar-refractivity contribution in [3.8, 4) is 11.1 Å². The number of hydrogen-bond acceptors (Lipinski definition) is 8. The standard InChI is InChI=1S/C32H28F2N8O3S/c33-21-6-8-22(9-7-21)42(26-4-1-3-24-29(26)46-18-36-24)31(45)32(34)12-2-14-40(32)27(43)17-41-25-10-5-19(20-11-13-37-38-16-20)15-23(25)28(39-41)30(35)44/h5-11,13,15-16,18,26H,1-4,12,14,17H2,(H2,35,44)/t26?,32-/m1/s1. The molecule has 7 rings (SSSR count). The third-order valence-electron chi connectivity index (χ3n) is 8.63. The third-order valence-corrected chi connectivity index (χ3v) is 9.61. The maximum Gasteiger partial charge on any atom is 0.286 e. The smallest absolute Gasteiger partial charge is 0.286 e. The number of aryl methyl sites for hydroxylation is 1. The zero-order valence-corrected chi connectivity index (χ0v) is 25.3. The van der Waals surface area contributed by atoms with Crippen molar-refractivity contribution >= 4 is 45.6 Å². The third kappa shape index (κ3) is 5.07. The Kier molecular flexibility index (Phi) is 7.51. The second-order valence-electron chi connectivity index (χ2n) is 11.4. The molecular weight excluding hydrogens is 614 g/mol. The van der Waals surface area contributed by atoms with Gasteiger partial charge in [-0.2, -0.15) is 15.3 Å². The van der Waals surface area contributed by atoms with Crippen molar-refractivity contribution < 1.29 is 23.2 Å². The number of halogens is 2. The van der Waals surface area contributed by atoms with E-state index in [9.17, 15) is 18.8 Å². The topological polar surface area (TPSA) is 140 Å². The number of likely N-dealkylation sites (tertiary alicyclic amines) is 1. The molecule has 2 aliphatic rings. The van der Waals surface area contributed by atoms with Crippen LogP contribution in [0.2, 0.25) is 0 Å². The summed E-state index contributed by atoms with van der Waals surface area (Å²) in [5.74, 6) is -5.52. The van der Waals surface area contributed by atoms with Crippen molar-refractivity contribution in [3.05, 3.63) is 88.5 Å². The molecule has 3 amide bonds. The summed E-state index contributed by atoms with van der Waals surface area (Å²) < 4.78 is 32.4. The van der Waals surface area contributed by atoms with Crippen molar-refractivity contribution in [2.24, 2.45) is 5.73 Å². The summed E-state index contributed by atoms with van der Waals surface area (Å²) in [6.07, 6.45) is 5.22. The first-order chi connectivity index (χ1) is 22.2. The maximum absolute atomic E-state index is 17.2. The number of benzene rings is 2. The van der Waals surface area contributed by atoms with E-state index in [2.05, 4.69) is 20.3 Å². The van der Waals surface area contributed by atoms with E-state index in [4.69, 9.17) is 5.73 Å². The minimum Gasteiger partial charge on any atom is -0.364 e. The quantitative estimate of drug-likeness (QED) is 0.256. The van der Waals surface area contributed by atoms with Gasteiger partial charge < -0.3 is 10.6 Å². The average molecular weight is 643 g/mol. The van der Waals surface area contributed by atoms with Gasteiger partial charge in [0, 0.05) is 29.6 Å². The number of hydrogen-bond donors (Lipinski definition) is 1. The summed E-state index contributed by atoms with van der Waals surface area (Å²) >= 11 is 1.39. The van der Waals surface area contributed by atoms with E-state index in [1.165, 1.54) is 45.2 Å². The van der Waals surface area contributed by atoms with Crippen molar-refractivity contribution in [1.82, 2.24) is 29.9 Å². The van der Waals surface area contributed by atoms with Crippen LogP contribution in [0.3, 0.4) is 0 Å².